The van der Waals surface area contributed by atoms with E-state index in [0.717, 1.165) is 5.56 Å². The Morgan fingerprint density at radius 2 is 1.91 bits per heavy atom. The van der Waals surface area contributed by atoms with E-state index in [1.165, 1.54) is 0 Å². The Balaban J connectivity index is 3.40. The van der Waals surface area contributed by atoms with Crippen LogP contribution in [0.15, 0.2) is 12.1 Å². The lowest BCUT2D eigenvalue weighted by molar-refractivity contribution is 1.48. The first-order valence-corrected chi connectivity index (χ1v) is 3.78. The molecule has 0 N–H and O–H groups in total. The lowest BCUT2D eigenvalue weighted by Gasteiger charge is -1.95. The second-order valence-electron chi connectivity index (χ2n) is 2.16. The fourth-order valence-corrected chi connectivity index (χ4v) is 1.16. The average molecular weight is 187 g/mol. The molecule has 0 bridgehead atoms. The molecule has 56 valence electrons. The minimum atomic E-state index is 0.411. The van der Waals surface area contributed by atoms with Gasteiger partial charge >= 0.3 is 5.69 Å². The van der Waals surface area contributed by atoms with Crippen molar-refractivity contribution in [2.24, 2.45) is 0 Å². The summed E-state index contributed by atoms with van der Waals surface area (Å²) in [6.45, 7) is 6.92. The summed E-state index contributed by atoms with van der Waals surface area (Å²) >= 11 is 11.6. The minimum Gasteiger partial charge on any atom is -0.0821 e. The predicted octanol–water partition coefficient (Wildman–Crippen LogP) is 3.90. The summed E-state index contributed by atoms with van der Waals surface area (Å²) in [6, 6.07) is 3.55. The van der Waals surface area contributed by atoms with Gasteiger partial charge in [0.2, 0.25) is 0 Å². The minimum absolute atomic E-state index is 0.411. The molecular weight excluding hydrogens is 181 g/mol. The topological polar surface area (TPSA) is 4.36 Å². The molecule has 0 aliphatic heterocycles. The van der Waals surface area contributed by atoms with E-state index in [4.69, 9.17) is 29.8 Å². The summed E-state index contributed by atoms with van der Waals surface area (Å²) in [6.07, 6.45) is 0. The van der Waals surface area contributed by atoms with Crippen molar-refractivity contribution in [3.63, 3.8) is 0 Å². The third-order valence-electron chi connectivity index (χ3n) is 1.39. The summed E-state index contributed by atoms with van der Waals surface area (Å²) in [4.78, 5) is 3.46. The van der Waals surface area contributed by atoms with Crippen molar-refractivity contribution in [2.45, 2.75) is 6.92 Å². The first-order valence-electron chi connectivity index (χ1n) is 3.02. The third-order valence-corrected chi connectivity index (χ3v) is 2.36. The Morgan fingerprint density at radius 1 is 1.27 bits per heavy atom. The van der Waals surface area contributed by atoms with Gasteiger partial charge in [-0.2, -0.15) is 0 Å². The van der Waals surface area contributed by atoms with Crippen LogP contribution in [0.25, 0.3) is 4.85 Å². The largest absolute Gasteiger partial charge is 0.359 e. The number of halogens is 2. The van der Waals surface area contributed by atoms with Crippen LogP contribution in [0.3, 0.4) is 0 Å². The van der Waals surface area contributed by atoms with Crippen molar-refractivity contribution in [3.05, 3.63) is 32.6 Å². The van der Waals surface area contributed by atoms with Gasteiger partial charge < -0.3 is 0 Å². The standard InChI is InChI=1S/C8H6Cl2N/c1-5-3-4-6(11-2)8(10)7(5)9/h2-4H,1H3/q+1. The van der Waals surface area contributed by atoms with Gasteiger partial charge in [-0.1, -0.05) is 23.2 Å². The molecule has 1 aromatic carbocycles. The van der Waals surface area contributed by atoms with Crippen molar-refractivity contribution >= 4 is 28.9 Å². The van der Waals surface area contributed by atoms with Gasteiger partial charge in [0.05, 0.1) is 5.02 Å². The maximum atomic E-state index is 5.81. The van der Waals surface area contributed by atoms with Crippen LogP contribution in [0.2, 0.25) is 10.0 Å². The maximum Gasteiger partial charge on any atom is 0.359 e. The molecule has 0 radical (unpaired) electrons. The van der Waals surface area contributed by atoms with Crippen LogP contribution in [0.5, 0.6) is 0 Å². The monoisotopic (exact) mass is 186 g/mol. The van der Waals surface area contributed by atoms with Crippen molar-refractivity contribution in [1.82, 2.24) is 0 Å². The van der Waals surface area contributed by atoms with E-state index in [1.807, 2.05) is 13.0 Å². The van der Waals surface area contributed by atoms with Crippen molar-refractivity contribution in [2.75, 3.05) is 0 Å². The molecule has 0 amide bonds. The fraction of sp³-hybridized carbons (Fsp3) is 0.125. The summed E-state index contributed by atoms with van der Waals surface area (Å²) < 4.78 is 0. The second kappa shape index (κ2) is 3.13. The van der Waals surface area contributed by atoms with E-state index < -0.39 is 0 Å². The molecule has 0 saturated carbocycles. The highest BCUT2D eigenvalue weighted by molar-refractivity contribution is 6.44. The van der Waals surface area contributed by atoms with E-state index in [1.54, 1.807) is 6.07 Å². The highest BCUT2D eigenvalue weighted by Gasteiger charge is 2.13. The van der Waals surface area contributed by atoms with Crippen LogP contribution >= 0.6 is 23.2 Å². The Morgan fingerprint density at radius 3 is 2.45 bits per heavy atom. The zero-order valence-electron chi connectivity index (χ0n) is 5.94. The molecule has 11 heavy (non-hydrogen) atoms. The van der Waals surface area contributed by atoms with Gasteiger partial charge in [0.1, 0.15) is 0 Å². The number of hydrogen-bond acceptors (Lipinski definition) is 0. The zero-order valence-corrected chi connectivity index (χ0v) is 7.45. The first kappa shape index (κ1) is 8.39. The van der Waals surface area contributed by atoms with Gasteiger partial charge in [0.25, 0.3) is 6.57 Å². The highest BCUT2D eigenvalue weighted by atomic mass is 35.5. The molecule has 1 aromatic rings. The van der Waals surface area contributed by atoms with Crippen LogP contribution in [0, 0.1) is 13.5 Å². The molecule has 1 rings (SSSR count). The van der Waals surface area contributed by atoms with Crippen molar-refractivity contribution < 1.29 is 0 Å². The molecule has 0 heterocycles. The lowest BCUT2D eigenvalue weighted by atomic mass is 10.2. The number of benzene rings is 1. The average Bonchev–Trinajstić information content (AvgIpc) is 2.01. The molecule has 0 unspecified atom stereocenters. The van der Waals surface area contributed by atoms with E-state index in [0.29, 0.717) is 15.7 Å². The van der Waals surface area contributed by atoms with E-state index >= 15 is 0 Å². The highest BCUT2D eigenvalue weighted by Crippen LogP contribution is 2.34. The molecule has 0 saturated heterocycles. The predicted molar refractivity (Wildman–Crippen MR) is 49.2 cm³/mol. The van der Waals surface area contributed by atoms with Gasteiger partial charge in [0, 0.05) is 6.07 Å². The molecule has 0 aromatic heterocycles. The van der Waals surface area contributed by atoms with Crippen LogP contribution < -0.4 is 0 Å². The van der Waals surface area contributed by atoms with Gasteiger partial charge in [-0.3, -0.25) is 0 Å². The number of rotatable bonds is 0. The Bertz CT molecular complexity index is 326. The molecular formula is C8H6Cl2N+. The summed E-state index contributed by atoms with van der Waals surface area (Å²) in [5.74, 6) is 0. The van der Waals surface area contributed by atoms with Crippen LogP contribution in [0.1, 0.15) is 5.56 Å². The molecule has 0 fully saturated rings. The van der Waals surface area contributed by atoms with Crippen LogP contribution in [-0.2, 0) is 0 Å². The first-order chi connectivity index (χ1) is 5.16. The van der Waals surface area contributed by atoms with Crippen molar-refractivity contribution in [1.29, 1.82) is 0 Å². The third kappa shape index (κ3) is 1.48. The summed E-state index contributed by atoms with van der Waals surface area (Å²) in [5, 5.41) is 0.924. The van der Waals surface area contributed by atoms with E-state index in [9.17, 15) is 0 Å². The quantitative estimate of drug-likeness (QED) is 0.580. The number of hydrogen-bond donors (Lipinski definition) is 0. The summed E-state index contributed by atoms with van der Waals surface area (Å²) in [5.41, 5.74) is 1.44. The second-order valence-corrected chi connectivity index (χ2v) is 2.91. The molecule has 3 heteroatoms. The van der Waals surface area contributed by atoms with Crippen LogP contribution in [-0.4, -0.2) is 0 Å². The number of nitrogens with zero attached hydrogens (tertiary/aromatic N) is 1. The smallest absolute Gasteiger partial charge is 0.0821 e. The van der Waals surface area contributed by atoms with Gasteiger partial charge in [0.15, 0.2) is 5.02 Å². The van der Waals surface area contributed by atoms with Gasteiger partial charge in [-0.05, 0) is 23.4 Å². The van der Waals surface area contributed by atoms with E-state index in [-0.39, 0.29) is 0 Å². The van der Waals surface area contributed by atoms with E-state index in [2.05, 4.69) is 4.85 Å². The lowest BCUT2D eigenvalue weighted by Crippen LogP contribution is -1.75. The van der Waals surface area contributed by atoms with Crippen molar-refractivity contribution in [3.8, 4) is 6.57 Å². The molecule has 0 aliphatic rings. The SMILES string of the molecule is C#[N+]c1ccc(C)c(Cl)c1Cl. The molecule has 0 atom stereocenters. The zero-order chi connectivity index (χ0) is 8.43. The van der Waals surface area contributed by atoms with Gasteiger partial charge in [-0.25, -0.2) is 0 Å². The normalized spacial score (nSPS) is 9.27. The molecule has 0 spiro atoms. The van der Waals surface area contributed by atoms with Crippen LogP contribution in [0.4, 0.5) is 5.69 Å². The fourth-order valence-electron chi connectivity index (χ4n) is 0.736. The Kier molecular flexibility index (Phi) is 2.38. The Labute approximate surface area is 75.4 Å². The number of aryl methyl sites for hydroxylation is 1. The van der Waals surface area contributed by atoms with Gasteiger partial charge in [-0.15, -0.1) is 0 Å². The summed E-state index contributed by atoms with van der Waals surface area (Å²) in [7, 11) is 0. The molecule has 1 nitrogen and oxygen atoms in total. The molecule has 0 aliphatic carbocycles. The maximum absolute atomic E-state index is 5.81. The Hall–Kier alpha value is -0.710.